The van der Waals surface area contributed by atoms with Gasteiger partial charge in [-0.1, -0.05) is 18.2 Å². The largest absolute Gasteiger partial charge is 0.373 e. The zero-order valence-electron chi connectivity index (χ0n) is 15.9. The van der Waals surface area contributed by atoms with Crippen molar-refractivity contribution in [3.05, 3.63) is 66.6 Å². The van der Waals surface area contributed by atoms with E-state index in [9.17, 15) is 0 Å². The van der Waals surface area contributed by atoms with Crippen molar-refractivity contribution >= 4 is 11.5 Å². The van der Waals surface area contributed by atoms with Crippen LogP contribution in [0.2, 0.25) is 0 Å². The van der Waals surface area contributed by atoms with Crippen molar-refractivity contribution in [2.24, 2.45) is 0 Å². The van der Waals surface area contributed by atoms with E-state index in [0.29, 0.717) is 6.04 Å². The quantitative estimate of drug-likeness (QED) is 0.690. The van der Waals surface area contributed by atoms with E-state index in [0.717, 1.165) is 36.0 Å². The number of likely N-dealkylation sites (N-methyl/N-ethyl adjacent to an activating group) is 1. The minimum Gasteiger partial charge on any atom is -0.373 e. The third-order valence-electron chi connectivity index (χ3n) is 5.11. The predicted molar refractivity (Wildman–Crippen MR) is 110 cm³/mol. The molecule has 0 amide bonds. The molecular weight excluding hydrogens is 334 g/mol. The van der Waals surface area contributed by atoms with Gasteiger partial charge in [0.15, 0.2) is 5.82 Å². The van der Waals surface area contributed by atoms with Crippen LogP contribution in [0, 0.1) is 6.92 Å². The molecule has 0 spiro atoms. The SMILES string of the molecule is Cc1cc(N2CCC[C@H]2CN(C)c2ccccc2)nc(-c2cccnc2)n1. The number of anilines is 2. The molecule has 2 aromatic heterocycles. The van der Waals surface area contributed by atoms with Crippen molar-refractivity contribution in [3.8, 4) is 11.4 Å². The van der Waals surface area contributed by atoms with Crippen LogP contribution in [0.5, 0.6) is 0 Å². The summed E-state index contributed by atoms with van der Waals surface area (Å²) in [6, 6.07) is 17.0. The monoisotopic (exact) mass is 359 g/mol. The minimum absolute atomic E-state index is 0.450. The lowest BCUT2D eigenvalue weighted by atomic mass is 10.2. The maximum absolute atomic E-state index is 4.87. The molecule has 3 aromatic rings. The summed E-state index contributed by atoms with van der Waals surface area (Å²) in [4.78, 5) is 18.5. The summed E-state index contributed by atoms with van der Waals surface area (Å²) >= 11 is 0. The van der Waals surface area contributed by atoms with Crippen LogP contribution in [0.3, 0.4) is 0 Å². The fourth-order valence-electron chi connectivity index (χ4n) is 3.75. The Morgan fingerprint density at radius 3 is 2.74 bits per heavy atom. The Bertz CT molecular complexity index is 882. The maximum atomic E-state index is 4.87. The molecule has 1 fully saturated rings. The zero-order chi connectivity index (χ0) is 18.6. The fraction of sp³-hybridized carbons (Fsp3) is 0.318. The van der Waals surface area contributed by atoms with Gasteiger partial charge in [0, 0.05) is 61.6 Å². The first-order chi connectivity index (χ1) is 13.2. The highest BCUT2D eigenvalue weighted by Gasteiger charge is 2.27. The van der Waals surface area contributed by atoms with Crippen LogP contribution in [0.4, 0.5) is 11.5 Å². The average Bonchev–Trinajstić information content (AvgIpc) is 3.17. The topological polar surface area (TPSA) is 45.2 Å². The smallest absolute Gasteiger partial charge is 0.163 e. The summed E-state index contributed by atoms with van der Waals surface area (Å²) in [5, 5.41) is 0. The lowest BCUT2D eigenvalue weighted by molar-refractivity contribution is 0.649. The number of aryl methyl sites for hydroxylation is 1. The number of hydrogen-bond acceptors (Lipinski definition) is 5. The normalized spacial score (nSPS) is 16.5. The van der Waals surface area contributed by atoms with Gasteiger partial charge < -0.3 is 9.80 Å². The van der Waals surface area contributed by atoms with E-state index in [1.807, 2.05) is 25.3 Å². The Morgan fingerprint density at radius 2 is 1.96 bits per heavy atom. The van der Waals surface area contributed by atoms with Crippen LogP contribution in [0.1, 0.15) is 18.5 Å². The fourth-order valence-corrected chi connectivity index (χ4v) is 3.75. The number of aromatic nitrogens is 3. The Hall–Kier alpha value is -2.95. The molecule has 0 N–H and O–H groups in total. The number of rotatable bonds is 5. The summed E-state index contributed by atoms with van der Waals surface area (Å²) in [5.74, 6) is 1.77. The highest BCUT2D eigenvalue weighted by molar-refractivity contribution is 5.57. The second-order valence-electron chi connectivity index (χ2n) is 7.14. The first kappa shape index (κ1) is 17.5. The second-order valence-corrected chi connectivity index (χ2v) is 7.14. The third kappa shape index (κ3) is 3.92. The molecule has 1 aromatic carbocycles. The molecule has 0 unspecified atom stereocenters. The third-order valence-corrected chi connectivity index (χ3v) is 5.11. The van der Waals surface area contributed by atoms with E-state index >= 15 is 0 Å². The molecule has 5 heteroatoms. The van der Waals surface area contributed by atoms with E-state index in [2.05, 4.69) is 63.2 Å². The molecule has 0 aliphatic carbocycles. The summed E-state index contributed by atoms with van der Waals surface area (Å²) in [6.07, 6.45) is 5.97. The van der Waals surface area contributed by atoms with E-state index in [1.165, 1.54) is 18.5 Å². The molecule has 4 rings (SSSR count). The van der Waals surface area contributed by atoms with Crippen LogP contribution in [-0.4, -0.2) is 41.1 Å². The van der Waals surface area contributed by atoms with E-state index < -0.39 is 0 Å². The molecule has 1 aliphatic heterocycles. The molecule has 0 saturated carbocycles. The zero-order valence-corrected chi connectivity index (χ0v) is 15.9. The Labute approximate surface area is 160 Å². The van der Waals surface area contributed by atoms with Crippen LogP contribution in [-0.2, 0) is 0 Å². The molecule has 0 bridgehead atoms. The lowest BCUT2D eigenvalue weighted by Crippen LogP contribution is -2.39. The first-order valence-electron chi connectivity index (χ1n) is 9.49. The molecule has 5 nitrogen and oxygen atoms in total. The standard InChI is InChI=1S/C22H25N5/c1-17-14-21(25-22(24-17)18-8-6-12-23-15-18)27-13-7-11-20(27)16-26(2)19-9-4-3-5-10-19/h3-6,8-10,12,14-15,20H,7,11,13,16H2,1-2H3/t20-/m0/s1. The van der Waals surface area contributed by atoms with E-state index in [-0.39, 0.29) is 0 Å². The Balaban J connectivity index is 1.58. The van der Waals surface area contributed by atoms with Crippen LogP contribution < -0.4 is 9.80 Å². The molecule has 138 valence electrons. The summed E-state index contributed by atoms with van der Waals surface area (Å²) in [6.45, 7) is 4.05. The van der Waals surface area contributed by atoms with Crippen molar-refractivity contribution in [1.29, 1.82) is 0 Å². The lowest BCUT2D eigenvalue weighted by Gasteiger charge is -2.31. The maximum Gasteiger partial charge on any atom is 0.163 e. The Kier molecular flexibility index (Phi) is 5.01. The molecular formula is C22H25N5. The van der Waals surface area contributed by atoms with Crippen LogP contribution >= 0.6 is 0 Å². The van der Waals surface area contributed by atoms with E-state index in [1.54, 1.807) is 6.20 Å². The molecule has 3 heterocycles. The van der Waals surface area contributed by atoms with Crippen LogP contribution in [0.15, 0.2) is 60.9 Å². The van der Waals surface area contributed by atoms with Gasteiger partial charge in [-0.2, -0.15) is 0 Å². The minimum atomic E-state index is 0.450. The van der Waals surface area contributed by atoms with Gasteiger partial charge in [-0.15, -0.1) is 0 Å². The van der Waals surface area contributed by atoms with Crippen molar-refractivity contribution in [2.45, 2.75) is 25.8 Å². The van der Waals surface area contributed by atoms with Gasteiger partial charge in [-0.25, -0.2) is 9.97 Å². The first-order valence-corrected chi connectivity index (χ1v) is 9.49. The van der Waals surface area contributed by atoms with Gasteiger partial charge in [0.25, 0.3) is 0 Å². The highest BCUT2D eigenvalue weighted by Crippen LogP contribution is 2.27. The van der Waals surface area contributed by atoms with Crippen molar-refractivity contribution in [3.63, 3.8) is 0 Å². The van der Waals surface area contributed by atoms with E-state index in [4.69, 9.17) is 4.98 Å². The number of benzene rings is 1. The number of para-hydroxylation sites is 1. The molecule has 0 radical (unpaired) electrons. The van der Waals surface area contributed by atoms with Gasteiger partial charge in [-0.3, -0.25) is 4.98 Å². The molecule has 1 aliphatic rings. The average molecular weight is 359 g/mol. The predicted octanol–water partition coefficient (Wildman–Crippen LogP) is 3.95. The van der Waals surface area contributed by atoms with Gasteiger partial charge in [-0.05, 0) is 44.0 Å². The summed E-state index contributed by atoms with van der Waals surface area (Å²) in [7, 11) is 2.16. The highest BCUT2D eigenvalue weighted by atomic mass is 15.3. The van der Waals surface area contributed by atoms with Crippen LogP contribution in [0.25, 0.3) is 11.4 Å². The summed E-state index contributed by atoms with van der Waals surface area (Å²) < 4.78 is 0. The van der Waals surface area contributed by atoms with Crippen molar-refractivity contribution < 1.29 is 0 Å². The number of nitrogens with zero attached hydrogens (tertiary/aromatic N) is 5. The molecule has 1 saturated heterocycles. The van der Waals surface area contributed by atoms with Gasteiger partial charge >= 0.3 is 0 Å². The molecule has 27 heavy (non-hydrogen) atoms. The summed E-state index contributed by atoms with van der Waals surface area (Å²) in [5.41, 5.74) is 3.19. The van der Waals surface area contributed by atoms with Gasteiger partial charge in [0.1, 0.15) is 5.82 Å². The van der Waals surface area contributed by atoms with Gasteiger partial charge in [0.05, 0.1) is 0 Å². The van der Waals surface area contributed by atoms with Crippen molar-refractivity contribution in [2.75, 3.05) is 29.9 Å². The number of hydrogen-bond donors (Lipinski definition) is 0. The van der Waals surface area contributed by atoms with Gasteiger partial charge in [0.2, 0.25) is 0 Å². The second kappa shape index (κ2) is 7.74. The van der Waals surface area contributed by atoms with Crippen molar-refractivity contribution in [1.82, 2.24) is 15.0 Å². The molecule has 1 atom stereocenters. The Morgan fingerprint density at radius 1 is 1.11 bits per heavy atom. The number of pyridine rings is 1.